The molecule has 0 radical (unpaired) electrons. The predicted octanol–water partition coefficient (Wildman–Crippen LogP) is 5.26. The van der Waals surface area contributed by atoms with Gasteiger partial charge in [0.05, 0.1) is 12.2 Å². The molecule has 0 aromatic rings. The molecule has 1 amide bonds. The van der Waals surface area contributed by atoms with Crippen molar-refractivity contribution in [3.8, 4) is 0 Å². The number of amides is 1. The first-order valence-corrected chi connectivity index (χ1v) is 15.7. The van der Waals surface area contributed by atoms with Crippen LogP contribution in [0, 0.1) is 11.8 Å². The van der Waals surface area contributed by atoms with Gasteiger partial charge in [-0.15, -0.1) is 0 Å². The number of Topliss-reactive ketones (excluding diaryl/α,β-unsaturated/α-hetero) is 2. The maximum atomic E-state index is 13.6. The molecule has 41 heavy (non-hydrogen) atoms. The molecule has 0 aliphatic carbocycles. The van der Waals surface area contributed by atoms with Gasteiger partial charge in [0.15, 0.2) is 5.78 Å². The first kappa shape index (κ1) is 33.2. The molecule has 230 valence electrons. The molecular weight excluding hydrogens is 522 g/mol. The standard InChI is InChI=1S/C33H51NO7/c1-6-25(35)20-29(36)33(5)21-24(4)28-18-17-26(40-28)14-11-13-23(3)31(38)22(2)12-7-8-16-30(37)34-19-10-9-15-27(34)32(39)41-33/h8,13,16,22,24,26-29,36H,6-7,9-12,14-15,17-21H2,1-5H3/b16-8-,23-13-/t22-,24+,26+,27+,28+,29-,33+/m1/s1. The molecule has 3 heterocycles. The molecule has 1 N–H and O–H groups in total. The highest BCUT2D eigenvalue weighted by atomic mass is 16.6. The summed E-state index contributed by atoms with van der Waals surface area (Å²) in [6.07, 6.45) is 11.3. The first-order chi connectivity index (χ1) is 19.4. The molecule has 8 nitrogen and oxygen atoms in total. The average Bonchev–Trinajstić information content (AvgIpc) is 3.43. The van der Waals surface area contributed by atoms with E-state index in [9.17, 15) is 24.3 Å². The number of aliphatic hydroxyl groups is 1. The number of fused-ring (bicyclic) bond motifs is 3. The summed E-state index contributed by atoms with van der Waals surface area (Å²) >= 11 is 0. The van der Waals surface area contributed by atoms with Crippen LogP contribution in [-0.4, -0.2) is 69.9 Å². The molecule has 7 atom stereocenters. The summed E-state index contributed by atoms with van der Waals surface area (Å²) in [7, 11) is 0. The number of allylic oxidation sites excluding steroid dienone is 3. The number of esters is 1. The molecule has 2 fully saturated rings. The second kappa shape index (κ2) is 15.2. The van der Waals surface area contributed by atoms with Crippen LogP contribution in [0.5, 0.6) is 0 Å². The van der Waals surface area contributed by atoms with Crippen LogP contribution < -0.4 is 0 Å². The molecular formula is C33H51NO7. The van der Waals surface area contributed by atoms with Gasteiger partial charge in [-0.2, -0.15) is 0 Å². The van der Waals surface area contributed by atoms with E-state index in [1.165, 1.54) is 6.08 Å². The van der Waals surface area contributed by atoms with E-state index in [2.05, 4.69) is 0 Å². The lowest BCUT2D eigenvalue weighted by Crippen LogP contribution is -2.53. The van der Waals surface area contributed by atoms with E-state index >= 15 is 0 Å². The van der Waals surface area contributed by atoms with Crippen LogP contribution in [0.3, 0.4) is 0 Å². The number of aliphatic hydroxyl groups excluding tert-OH is 1. The van der Waals surface area contributed by atoms with Crippen molar-refractivity contribution >= 4 is 23.4 Å². The first-order valence-electron chi connectivity index (χ1n) is 15.7. The number of ether oxygens (including phenoxy) is 2. The third-order valence-corrected chi connectivity index (χ3v) is 9.22. The normalized spacial score (nSPS) is 35.9. The molecule has 2 saturated heterocycles. The van der Waals surface area contributed by atoms with Crippen LogP contribution in [0.2, 0.25) is 0 Å². The summed E-state index contributed by atoms with van der Waals surface area (Å²) in [6, 6.07) is -0.751. The summed E-state index contributed by atoms with van der Waals surface area (Å²) in [5, 5.41) is 11.2. The van der Waals surface area contributed by atoms with E-state index in [4.69, 9.17) is 9.47 Å². The minimum Gasteiger partial charge on any atom is -0.455 e. The van der Waals surface area contributed by atoms with E-state index in [-0.39, 0.29) is 47.9 Å². The van der Waals surface area contributed by atoms with Gasteiger partial charge in [-0.1, -0.05) is 32.9 Å². The smallest absolute Gasteiger partial charge is 0.329 e. The largest absolute Gasteiger partial charge is 0.455 e. The number of piperidine rings is 1. The van der Waals surface area contributed by atoms with Gasteiger partial charge < -0.3 is 19.5 Å². The van der Waals surface area contributed by atoms with Gasteiger partial charge in [0, 0.05) is 25.3 Å². The lowest BCUT2D eigenvalue weighted by molar-refractivity contribution is -0.185. The average molecular weight is 574 g/mol. The zero-order valence-corrected chi connectivity index (χ0v) is 25.7. The monoisotopic (exact) mass is 573 g/mol. The van der Waals surface area contributed by atoms with Gasteiger partial charge in [-0.05, 0) is 95.6 Å². The Hall–Kier alpha value is -2.32. The van der Waals surface area contributed by atoms with Gasteiger partial charge in [0.2, 0.25) is 5.91 Å². The van der Waals surface area contributed by atoms with Crippen LogP contribution in [0.1, 0.15) is 112 Å². The van der Waals surface area contributed by atoms with Crippen LogP contribution >= 0.6 is 0 Å². The van der Waals surface area contributed by atoms with Gasteiger partial charge in [-0.3, -0.25) is 14.4 Å². The van der Waals surface area contributed by atoms with E-state index in [1.807, 2.05) is 26.8 Å². The quantitative estimate of drug-likeness (QED) is 0.457. The Kier molecular flexibility index (Phi) is 12.3. The zero-order chi connectivity index (χ0) is 30.2. The minimum atomic E-state index is -1.31. The number of ketones is 2. The highest BCUT2D eigenvalue weighted by Gasteiger charge is 2.44. The van der Waals surface area contributed by atoms with E-state index in [1.54, 1.807) is 24.8 Å². The maximum Gasteiger partial charge on any atom is 0.329 e. The van der Waals surface area contributed by atoms with Crippen molar-refractivity contribution in [1.82, 2.24) is 4.90 Å². The fraction of sp³-hybridized carbons (Fsp3) is 0.758. The van der Waals surface area contributed by atoms with Crippen molar-refractivity contribution in [2.24, 2.45) is 11.8 Å². The summed E-state index contributed by atoms with van der Waals surface area (Å²) in [5.41, 5.74) is -0.538. The Morgan fingerprint density at radius 1 is 1.10 bits per heavy atom. The highest BCUT2D eigenvalue weighted by molar-refractivity contribution is 5.96. The van der Waals surface area contributed by atoms with E-state index in [0.717, 1.165) is 44.1 Å². The number of nitrogens with zero attached hydrogens (tertiary/aromatic N) is 1. The number of cyclic esters (lactones) is 1. The molecule has 0 spiro atoms. The second-order valence-electron chi connectivity index (χ2n) is 12.7. The highest BCUT2D eigenvalue weighted by Crippen LogP contribution is 2.36. The number of carbonyl (C=O) groups is 4. The Balaban J connectivity index is 1.88. The van der Waals surface area contributed by atoms with Gasteiger partial charge in [-0.25, -0.2) is 4.79 Å². The SMILES string of the molecule is CCC(=O)C[C@@H](O)[C@]1(C)C[C@H](C)[C@@H]2CC[C@H](CC/C=C(/C)C(=O)[C@H](C)CC/C=C\C(=O)N3CCCC[C@H]3C(=O)O1)O2. The maximum absolute atomic E-state index is 13.6. The summed E-state index contributed by atoms with van der Waals surface area (Å²) in [5.74, 6) is -0.944. The number of rotatable bonds is 4. The van der Waals surface area contributed by atoms with Crippen molar-refractivity contribution in [3.05, 3.63) is 23.8 Å². The zero-order valence-electron chi connectivity index (χ0n) is 25.7. The molecule has 3 aliphatic rings. The molecule has 2 bridgehead atoms. The van der Waals surface area contributed by atoms with E-state index in [0.29, 0.717) is 38.6 Å². The third kappa shape index (κ3) is 9.08. The number of carbonyl (C=O) groups excluding carboxylic acids is 4. The minimum absolute atomic E-state index is 0.0370. The molecule has 3 aliphatic heterocycles. The topological polar surface area (TPSA) is 110 Å². The van der Waals surface area contributed by atoms with Crippen LogP contribution in [0.15, 0.2) is 23.8 Å². The molecule has 0 aromatic carbocycles. The van der Waals surface area contributed by atoms with Gasteiger partial charge in [0.25, 0.3) is 0 Å². The Labute approximate surface area is 245 Å². The molecule has 8 heteroatoms. The van der Waals surface area contributed by atoms with Crippen molar-refractivity contribution < 1.29 is 33.8 Å². The summed E-state index contributed by atoms with van der Waals surface area (Å²) in [4.78, 5) is 53.5. The number of hydrogen-bond donors (Lipinski definition) is 1. The second-order valence-corrected chi connectivity index (χ2v) is 12.7. The van der Waals surface area contributed by atoms with Crippen LogP contribution in [0.4, 0.5) is 0 Å². The summed E-state index contributed by atoms with van der Waals surface area (Å²) < 4.78 is 12.5. The Morgan fingerprint density at radius 3 is 2.59 bits per heavy atom. The number of hydrogen-bond acceptors (Lipinski definition) is 7. The molecule has 0 aromatic heterocycles. The lowest BCUT2D eigenvalue weighted by atomic mass is 9.82. The van der Waals surface area contributed by atoms with Crippen molar-refractivity contribution in [2.75, 3.05) is 6.54 Å². The van der Waals surface area contributed by atoms with Crippen LogP contribution in [-0.2, 0) is 28.7 Å². The predicted molar refractivity (Wildman–Crippen MR) is 157 cm³/mol. The molecule has 0 saturated carbocycles. The van der Waals surface area contributed by atoms with Crippen molar-refractivity contribution in [1.29, 1.82) is 0 Å². The van der Waals surface area contributed by atoms with Gasteiger partial charge in [0.1, 0.15) is 23.5 Å². The van der Waals surface area contributed by atoms with Crippen molar-refractivity contribution in [2.45, 2.75) is 142 Å². The third-order valence-electron chi connectivity index (χ3n) is 9.22. The fourth-order valence-electron chi connectivity index (χ4n) is 6.43. The van der Waals surface area contributed by atoms with Gasteiger partial charge >= 0.3 is 5.97 Å². The summed E-state index contributed by atoms with van der Waals surface area (Å²) in [6.45, 7) is 9.74. The fourth-order valence-corrected chi connectivity index (χ4v) is 6.43. The molecule has 0 unspecified atom stereocenters. The van der Waals surface area contributed by atoms with Crippen LogP contribution in [0.25, 0.3) is 0 Å². The Bertz CT molecular complexity index is 1000. The lowest BCUT2D eigenvalue weighted by Gasteiger charge is -2.40. The Morgan fingerprint density at radius 2 is 1.85 bits per heavy atom. The molecule has 3 rings (SSSR count). The van der Waals surface area contributed by atoms with Crippen molar-refractivity contribution in [3.63, 3.8) is 0 Å². The van der Waals surface area contributed by atoms with E-state index < -0.39 is 23.7 Å².